The Balaban J connectivity index is 1.78. The Kier molecular flexibility index (Phi) is 10.1. The van der Waals surface area contributed by atoms with Crippen molar-refractivity contribution in [3.63, 3.8) is 0 Å². The highest BCUT2D eigenvalue weighted by Gasteiger charge is 2.27. The van der Waals surface area contributed by atoms with Crippen LogP contribution in [0.4, 0.5) is 5.69 Å². The van der Waals surface area contributed by atoms with Crippen molar-refractivity contribution in [2.75, 3.05) is 18.5 Å². The number of carbonyl (C=O) groups excluding carboxylic acids is 2. The van der Waals surface area contributed by atoms with Crippen LogP contribution in [-0.4, -0.2) is 37.8 Å². The first-order valence-corrected chi connectivity index (χ1v) is 13.9. The average Bonchev–Trinajstić information content (AvgIpc) is 2.86. The maximum atomic E-state index is 13.5. The van der Waals surface area contributed by atoms with Gasteiger partial charge >= 0.3 is 5.97 Å². The van der Waals surface area contributed by atoms with Crippen LogP contribution in [0, 0.1) is 6.92 Å². The van der Waals surface area contributed by atoms with Gasteiger partial charge < -0.3 is 10.1 Å². The predicted molar refractivity (Wildman–Crippen MR) is 145 cm³/mol. The lowest BCUT2D eigenvalue weighted by Gasteiger charge is -2.22. The molecule has 0 aromatic heterocycles. The van der Waals surface area contributed by atoms with E-state index in [0.29, 0.717) is 33.5 Å². The highest BCUT2D eigenvalue weighted by atomic mass is 35.5. The average molecular weight is 564 g/mol. The van der Waals surface area contributed by atoms with Gasteiger partial charge in [0.15, 0.2) is 0 Å². The Labute approximate surface area is 227 Å². The molecule has 0 radical (unpaired) electrons. The minimum absolute atomic E-state index is 0.0573. The van der Waals surface area contributed by atoms with E-state index in [-0.39, 0.29) is 11.4 Å². The van der Waals surface area contributed by atoms with Gasteiger partial charge in [-0.25, -0.2) is 13.2 Å². The molecule has 1 N–H and O–H groups in total. The molecule has 0 saturated carbocycles. The molecule has 3 rings (SSSR count). The zero-order valence-electron chi connectivity index (χ0n) is 20.5. The molecule has 0 aliphatic carbocycles. The highest BCUT2D eigenvalue weighted by molar-refractivity contribution is 7.89. The summed E-state index contributed by atoms with van der Waals surface area (Å²) in [6, 6.07) is 17.3. The number of nitrogens with zero attached hydrogens (tertiary/aromatic N) is 1. The fraction of sp³-hybridized carbons (Fsp3) is 0.259. The van der Waals surface area contributed by atoms with E-state index in [2.05, 4.69) is 5.32 Å². The van der Waals surface area contributed by atoms with Crippen molar-refractivity contribution in [1.29, 1.82) is 0 Å². The van der Waals surface area contributed by atoms with Crippen LogP contribution < -0.4 is 5.32 Å². The van der Waals surface area contributed by atoms with Crippen LogP contribution in [0.25, 0.3) is 0 Å². The normalized spacial score (nSPS) is 11.4. The first-order chi connectivity index (χ1) is 17.6. The summed E-state index contributed by atoms with van der Waals surface area (Å²) >= 11 is 12.3. The maximum absolute atomic E-state index is 13.5. The van der Waals surface area contributed by atoms with E-state index >= 15 is 0 Å². The summed E-state index contributed by atoms with van der Waals surface area (Å²) in [6.07, 6.45) is 1.70. The van der Waals surface area contributed by atoms with Gasteiger partial charge in [-0.2, -0.15) is 4.31 Å². The zero-order chi connectivity index (χ0) is 27.0. The number of unbranched alkanes of at least 4 members (excludes halogenated alkanes) is 1. The van der Waals surface area contributed by atoms with E-state index in [1.807, 2.05) is 13.8 Å². The Morgan fingerprint density at radius 3 is 2.27 bits per heavy atom. The number of benzene rings is 3. The molecule has 0 aliphatic rings. The largest absolute Gasteiger partial charge is 0.462 e. The summed E-state index contributed by atoms with van der Waals surface area (Å²) in [7, 11) is -4.04. The van der Waals surface area contributed by atoms with Crippen molar-refractivity contribution in [2.45, 2.75) is 38.1 Å². The standard InChI is InChI=1S/C27H28Cl2N2O5S/c1-3-4-15-36-27(33)20-8-11-23(12-9-20)30-26(32)18-31(17-21-7-10-22(28)16-25(21)29)37(34,35)24-13-5-19(2)6-14-24/h5-14,16H,3-4,15,17-18H2,1-2H3,(H,30,32). The Morgan fingerprint density at radius 2 is 1.65 bits per heavy atom. The molecule has 37 heavy (non-hydrogen) atoms. The summed E-state index contributed by atoms with van der Waals surface area (Å²) in [5, 5.41) is 3.39. The fourth-order valence-corrected chi connectivity index (χ4v) is 5.21. The van der Waals surface area contributed by atoms with Crippen molar-refractivity contribution in [3.05, 3.63) is 93.5 Å². The fourth-order valence-electron chi connectivity index (χ4n) is 3.37. The first-order valence-electron chi connectivity index (χ1n) is 11.7. The third kappa shape index (κ3) is 8.04. The van der Waals surface area contributed by atoms with Crippen LogP contribution >= 0.6 is 23.2 Å². The van der Waals surface area contributed by atoms with E-state index in [1.54, 1.807) is 36.4 Å². The Hall–Kier alpha value is -2.91. The van der Waals surface area contributed by atoms with Gasteiger partial charge in [-0.05, 0) is 67.4 Å². The number of sulfonamides is 1. The number of amides is 1. The molecular formula is C27H28Cl2N2O5S. The molecule has 196 valence electrons. The molecular weight excluding hydrogens is 535 g/mol. The number of anilines is 1. The Bertz CT molecular complexity index is 1340. The lowest BCUT2D eigenvalue weighted by molar-refractivity contribution is -0.116. The minimum atomic E-state index is -4.04. The van der Waals surface area contributed by atoms with Crippen LogP contribution in [0.5, 0.6) is 0 Å². The second kappa shape index (κ2) is 13.1. The van der Waals surface area contributed by atoms with E-state index in [4.69, 9.17) is 27.9 Å². The van der Waals surface area contributed by atoms with Gasteiger partial charge in [0.05, 0.1) is 23.6 Å². The molecule has 7 nitrogen and oxygen atoms in total. The number of hydrogen-bond donors (Lipinski definition) is 1. The second-order valence-corrected chi connectivity index (χ2v) is 11.2. The third-order valence-electron chi connectivity index (χ3n) is 5.48. The molecule has 0 spiro atoms. The van der Waals surface area contributed by atoms with Crippen LogP contribution in [0.15, 0.2) is 71.6 Å². The predicted octanol–water partition coefficient (Wildman–Crippen LogP) is 6.09. The lowest BCUT2D eigenvalue weighted by atomic mass is 10.2. The molecule has 0 heterocycles. The van der Waals surface area contributed by atoms with E-state index in [9.17, 15) is 18.0 Å². The third-order valence-corrected chi connectivity index (χ3v) is 7.87. The number of rotatable bonds is 11. The van der Waals surface area contributed by atoms with Gasteiger partial charge in [0, 0.05) is 22.3 Å². The molecule has 0 aliphatic heterocycles. The number of nitrogens with one attached hydrogen (secondary N) is 1. The van der Waals surface area contributed by atoms with E-state index < -0.39 is 28.4 Å². The summed E-state index contributed by atoms with van der Waals surface area (Å²) in [4.78, 5) is 25.1. The van der Waals surface area contributed by atoms with Crippen LogP contribution in [-0.2, 0) is 26.1 Å². The van der Waals surface area contributed by atoms with Gasteiger partial charge in [-0.1, -0.05) is 60.3 Å². The zero-order valence-corrected chi connectivity index (χ0v) is 22.9. The Morgan fingerprint density at radius 1 is 0.973 bits per heavy atom. The van der Waals surface area contributed by atoms with Crippen molar-refractivity contribution >= 4 is 50.8 Å². The van der Waals surface area contributed by atoms with Gasteiger partial charge in [0.1, 0.15) is 0 Å². The smallest absolute Gasteiger partial charge is 0.338 e. The summed E-state index contributed by atoms with van der Waals surface area (Å²) in [5.74, 6) is -0.999. The van der Waals surface area contributed by atoms with Crippen molar-refractivity contribution in [1.82, 2.24) is 4.31 Å². The molecule has 0 unspecified atom stereocenters. The number of esters is 1. The number of aryl methyl sites for hydroxylation is 1. The van der Waals surface area contributed by atoms with Gasteiger partial charge in [0.25, 0.3) is 0 Å². The summed E-state index contributed by atoms with van der Waals surface area (Å²) < 4.78 is 33.2. The van der Waals surface area contributed by atoms with Crippen LogP contribution in [0.3, 0.4) is 0 Å². The van der Waals surface area contributed by atoms with Gasteiger partial charge in [-0.15, -0.1) is 0 Å². The number of ether oxygens (including phenoxy) is 1. The molecule has 0 atom stereocenters. The highest BCUT2D eigenvalue weighted by Crippen LogP contribution is 2.25. The lowest BCUT2D eigenvalue weighted by Crippen LogP contribution is -2.37. The first kappa shape index (κ1) is 28.7. The van der Waals surface area contributed by atoms with Crippen molar-refractivity contribution in [3.8, 4) is 0 Å². The van der Waals surface area contributed by atoms with E-state index in [1.165, 1.54) is 30.3 Å². The number of halogens is 2. The minimum Gasteiger partial charge on any atom is -0.462 e. The van der Waals surface area contributed by atoms with Crippen molar-refractivity contribution in [2.24, 2.45) is 0 Å². The number of carbonyl (C=O) groups is 2. The van der Waals surface area contributed by atoms with Gasteiger partial charge in [0.2, 0.25) is 15.9 Å². The molecule has 1 amide bonds. The summed E-state index contributed by atoms with van der Waals surface area (Å²) in [5.41, 5.74) is 2.17. The summed E-state index contributed by atoms with van der Waals surface area (Å²) in [6.45, 7) is 3.60. The second-order valence-electron chi connectivity index (χ2n) is 8.44. The quantitative estimate of drug-likeness (QED) is 0.225. The topological polar surface area (TPSA) is 92.8 Å². The van der Waals surface area contributed by atoms with Crippen LogP contribution in [0.1, 0.15) is 41.3 Å². The SMILES string of the molecule is CCCCOC(=O)c1ccc(NC(=O)CN(Cc2ccc(Cl)cc2Cl)S(=O)(=O)c2ccc(C)cc2)cc1. The molecule has 0 fully saturated rings. The van der Waals surface area contributed by atoms with Crippen molar-refractivity contribution < 1.29 is 22.7 Å². The molecule has 0 bridgehead atoms. The van der Waals surface area contributed by atoms with Crippen LogP contribution in [0.2, 0.25) is 10.0 Å². The molecule has 3 aromatic carbocycles. The number of hydrogen-bond acceptors (Lipinski definition) is 5. The van der Waals surface area contributed by atoms with E-state index in [0.717, 1.165) is 22.7 Å². The molecule has 3 aromatic rings. The monoisotopic (exact) mass is 562 g/mol. The maximum Gasteiger partial charge on any atom is 0.338 e. The molecule has 0 saturated heterocycles. The molecule has 10 heteroatoms. The van der Waals surface area contributed by atoms with Gasteiger partial charge in [-0.3, -0.25) is 4.79 Å².